The van der Waals surface area contributed by atoms with Crippen molar-refractivity contribution in [1.29, 1.82) is 0 Å². The summed E-state index contributed by atoms with van der Waals surface area (Å²) < 4.78 is 33.9. The molecule has 8 heteroatoms. The molecule has 0 aromatic heterocycles. The zero-order valence-corrected chi connectivity index (χ0v) is 14.4. The Morgan fingerprint density at radius 1 is 1.52 bits per heavy atom. The van der Waals surface area contributed by atoms with Gasteiger partial charge in [0.2, 0.25) is 0 Å². The van der Waals surface area contributed by atoms with Crippen LogP contribution in [0.4, 0.5) is 0 Å². The number of benzene rings is 1. The molecule has 0 saturated carbocycles. The minimum atomic E-state index is -3.92. The second kappa shape index (κ2) is 6.64. The third-order valence-electron chi connectivity index (χ3n) is 3.24. The van der Waals surface area contributed by atoms with E-state index in [1.54, 1.807) is 6.92 Å². The van der Waals surface area contributed by atoms with E-state index in [2.05, 4.69) is 15.9 Å². The van der Waals surface area contributed by atoms with E-state index in [1.165, 1.54) is 12.1 Å². The minimum Gasteiger partial charge on any atom is -0.459 e. The lowest BCUT2D eigenvalue weighted by molar-refractivity contribution is 0.0160. The first-order valence-electron chi connectivity index (χ1n) is 6.32. The highest BCUT2D eigenvalue weighted by molar-refractivity contribution is 9.10. The van der Waals surface area contributed by atoms with E-state index >= 15 is 0 Å². The second-order valence-corrected chi connectivity index (χ2v) is 8.17. The highest BCUT2D eigenvalue weighted by Crippen LogP contribution is 2.27. The van der Waals surface area contributed by atoms with Gasteiger partial charge in [-0.1, -0.05) is 15.9 Å². The van der Waals surface area contributed by atoms with Gasteiger partial charge in [0.15, 0.2) is 0 Å². The monoisotopic (exact) mass is 396 g/mol. The number of ether oxygens (including phenoxy) is 2. The first-order chi connectivity index (χ1) is 9.79. The molecule has 1 aliphatic rings. The average molecular weight is 398 g/mol. The normalized spacial score (nSPS) is 18.7. The molecule has 1 aromatic rings. The number of carbonyl (C=O) groups is 1. The molecule has 5 nitrogen and oxygen atoms in total. The van der Waals surface area contributed by atoms with Gasteiger partial charge in [-0.25, -0.2) is 13.2 Å². The number of esters is 1. The standard InChI is InChI=1S/C13H14BrClO5S/c1-8-11(5-10(6-12(8)14)21(15,17)18)13(16)20-7-9-3-2-4-19-9/h5-6,9H,2-4,7H2,1H3. The largest absolute Gasteiger partial charge is 0.459 e. The molecule has 0 bridgehead atoms. The van der Waals surface area contributed by atoms with Crippen LogP contribution in [-0.2, 0) is 18.5 Å². The molecule has 2 rings (SSSR count). The summed E-state index contributed by atoms with van der Waals surface area (Å²) in [4.78, 5) is 12.0. The molecule has 1 aliphatic heterocycles. The third-order valence-corrected chi connectivity index (χ3v) is 5.40. The Hall–Kier alpha value is -0.630. The highest BCUT2D eigenvalue weighted by atomic mass is 79.9. The summed E-state index contributed by atoms with van der Waals surface area (Å²) in [6.07, 6.45) is 1.72. The molecule has 1 fully saturated rings. The molecule has 1 atom stereocenters. The lowest BCUT2D eigenvalue weighted by Crippen LogP contribution is -2.18. The zero-order valence-electron chi connectivity index (χ0n) is 11.3. The number of hydrogen-bond acceptors (Lipinski definition) is 5. The van der Waals surface area contributed by atoms with Gasteiger partial charge >= 0.3 is 5.97 Å². The van der Waals surface area contributed by atoms with E-state index in [0.29, 0.717) is 16.6 Å². The van der Waals surface area contributed by atoms with Gasteiger partial charge in [0.1, 0.15) is 6.61 Å². The van der Waals surface area contributed by atoms with E-state index in [0.717, 1.165) is 12.8 Å². The van der Waals surface area contributed by atoms with E-state index in [9.17, 15) is 13.2 Å². The van der Waals surface area contributed by atoms with E-state index < -0.39 is 15.0 Å². The van der Waals surface area contributed by atoms with Crippen molar-refractivity contribution in [2.75, 3.05) is 13.2 Å². The van der Waals surface area contributed by atoms with E-state index in [1.807, 2.05) is 0 Å². The van der Waals surface area contributed by atoms with Crippen LogP contribution in [0.2, 0.25) is 0 Å². The summed E-state index contributed by atoms with van der Waals surface area (Å²) in [5.41, 5.74) is 0.762. The molecule has 1 aromatic carbocycles. The van der Waals surface area contributed by atoms with Crippen molar-refractivity contribution < 1.29 is 22.7 Å². The van der Waals surface area contributed by atoms with Gasteiger partial charge in [-0.3, -0.25) is 0 Å². The van der Waals surface area contributed by atoms with Crippen LogP contribution < -0.4 is 0 Å². The van der Waals surface area contributed by atoms with Crippen LogP contribution >= 0.6 is 26.6 Å². The lowest BCUT2D eigenvalue weighted by atomic mass is 10.1. The second-order valence-electron chi connectivity index (χ2n) is 4.75. The maximum Gasteiger partial charge on any atom is 0.338 e. The first kappa shape index (κ1) is 16.7. The van der Waals surface area contributed by atoms with Gasteiger partial charge in [-0.05, 0) is 37.5 Å². The van der Waals surface area contributed by atoms with Gasteiger partial charge in [0.05, 0.1) is 16.6 Å². The van der Waals surface area contributed by atoms with Crippen LogP contribution in [0.25, 0.3) is 0 Å². The molecule has 21 heavy (non-hydrogen) atoms. The maximum absolute atomic E-state index is 12.1. The Balaban J connectivity index is 2.21. The van der Waals surface area contributed by atoms with Gasteiger partial charge in [0.25, 0.3) is 9.05 Å². The predicted octanol–water partition coefficient (Wildman–Crippen LogP) is 3.02. The number of carbonyl (C=O) groups excluding carboxylic acids is 1. The topological polar surface area (TPSA) is 69.7 Å². The van der Waals surface area contributed by atoms with Crippen LogP contribution in [0.3, 0.4) is 0 Å². The molecule has 0 amide bonds. The molecule has 1 heterocycles. The first-order valence-corrected chi connectivity index (χ1v) is 9.43. The van der Waals surface area contributed by atoms with E-state index in [4.69, 9.17) is 20.2 Å². The smallest absolute Gasteiger partial charge is 0.338 e. The van der Waals surface area contributed by atoms with Gasteiger partial charge in [-0.15, -0.1) is 0 Å². The highest BCUT2D eigenvalue weighted by Gasteiger charge is 2.22. The Morgan fingerprint density at radius 2 is 2.24 bits per heavy atom. The Morgan fingerprint density at radius 3 is 2.81 bits per heavy atom. The molecule has 1 saturated heterocycles. The van der Waals surface area contributed by atoms with Crippen molar-refractivity contribution in [3.8, 4) is 0 Å². The average Bonchev–Trinajstić information content (AvgIpc) is 2.91. The van der Waals surface area contributed by atoms with Crippen molar-refractivity contribution in [3.63, 3.8) is 0 Å². The summed E-state index contributed by atoms with van der Waals surface area (Å²) in [6, 6.07) is 2.58. The van der Waals surface area contributed by atoms with Crippen molar-refractivity contribution >= 4 is 41.6 Å². The predicted molar refractivity (Wildman–Crippen MR) is 81.2 cm³/mol. The van der Waals surface area contributed by atoms with Crippen LogP contribution in [0.5, 0.6) is 0 Å². The van der Waals surface area contributed by atoms with Crippen LogP contribution in [0, 0.1) is 6.92 Å². The van der Waals surface area contributed by atoms with Crippen molar-refractivity contribution in [2.45, 2.75) is 30.8 Å². The number of hydrogen-bond donors (Lipinski definition) is 0. The van der Waals surface area contributed by atoms with Crippen molar-refractivity contribution in [1.82, 2.24) is 0 Å². The van der Waals surface area contributed by atoms with Gasteiger partial charge in [0, 0.05) is 21.8 Å². The van der Waals surface area contributed by atoms with Gasteiger partial charge in [-0.2, -0.15) is 0 Å². The molecule has 0 N–H and O–H groups in total. The fourth-order valence-corrected chi connectivity index (χ4v) is 3.43. The number of rotatable bonds is 4. The quantitative estimate of drug-likeness (QED) is 0.577. The molecule has 0 aliphatic carbocycles. The molecular formula is C13H14BrClO5S. The molecule has 0 radical (unpaired) electrons. The fourth-order valence-electron chi connectivity index (χ4n) is 2.03. The zero-order chi connectivity index (χ0) is 15.6. The molecule has 0 spiro atoms. The summed E-state index contributed by atoms with van der Waals surface area (Å²) in [6.45, 7) is 2.53. The Kier molecular flexibility index (Phi) is 5.29. The van der Waals surface area contributed by atoms with Gasteiger partial charge < -0.3 is 9.47 Å². The molecular weight excluding hydrogens is 384 g/mol. The summed E-state index contributed by atoms with van der Waals surface area (Å²) >= 11 is 3.22. The van der Waals surface area contributed by atoms with Crippen LogP contribution in [-0.4, -0.2) is 33.7 Å². The summed E-state index contributed by atoms with van der Waals surface area (Å²) in [5.74, 6) is -0.592. The summed E-state index contributed by atoms with van der Waals surface area (Å²) in [5, 5.41) is 0. The molecule has 1 unspecified atom stereocenters. The maximum atomic E-state index is 12.1. The van der Waals surface area contributed by atoms with Crippen LogP contribution in [0.1, 0.15) is 28.8 Å². The summed E-state index contributed by atoms with van der Waals surface area (Å²) in [7, 11) is 1.40. The van der Waals surface area contributed by atoms with Crippen molar-refractivity contribution in [3.05, 3.63) is 27.7 Å². The Bertz CT molecular complexity index is 653. The third kappa shape index (κ3) is 4.18. The fraction of sp³-hybridized carbons (Fsp3) is 0.462. The molecule has 116 valence electrons. The number of halogens is 2. The Labute approximate surface area is 136 Å². The van der Waals surface area contributed by atoms with Crippen molar-refractivity contribution in [2.24, 2.45) is 0 Å². The van der Waals surface area contributed by atoms with Crippen LogP contribution in [0.15, 0.2) is 21.5 Å². The SMILES string of the molecule is Cc1c(Br)cc(S(=O)(=O)Cl)cc1C(=O)OCC1CCCO1. The van der Waals surface area contributed by atoms with E-state index in [-0.39, 0.29) is 23.2 Å². The minimum absolute atomic E-state index is 0.0855. The lowest BCUT2D eigenvalue weighted by Gasteiger charge is -2.12.